The van der Waals surface area contributed by atoms with Crippen LogP contribution in [0.2, 0.25) is 10.0 Å². The number of nitrogens with zero attached hydrogens (tertiary/aromatic N) is 2. The van der Waals surface area contributed by atoms with Gasteiger partial charge in [-0.05, 0) is 73.5 Å². The third kappa shape index (κ3) is 11.5. The van der Waals surface area contributed by atoms with E-state index in [2.05, 4.69) is 10.6 Å². The molecule has 0 saturated carbocycles. The van der Waals surface area contributed by atoms with Gasteiger partial charge in [0, 0.05) is 38.6 Å². The number of rotatable bonds is 18. The van der Waals surface area contributed by atoms with E-state index in [4.69, 9.17) is 55.8 Å². The second kappa shape index (κ2) is 18.2. The lowest BCUT2D eigenvalue weighted by Crippen LogP contribution is -2.28. The SMILES string of the molecule is CNCCOc1ccc(CCN(N)/C=C(\N)c2ccc(/C(N)=C/N(N)CCc3ccc(OCCNC)c(Cl)c3)cc2)cc1Cl. The van der Waals surface area contributed by atoms with Crippen molar-refractivity contribution in [3.8, 4) is 11.5 Å². The van der Waals surface area contributed by atoms with Gasteiger partial charge in [-0.1, -0.05) is 59.6 Å². The quantitative estimate of drug-likeness (QED) is 0.0690. The van der Waals surface area contributed by atoms with Crippen LogP contribution in [0.4, 0.5) is 0 Å². The zero-order chi connectivity index (χ0) is 31.9. The van der Waals surface area contributed by atoms with Crippen LogP contribution in [0.15, 0.2) is 73.1 Å². The van der Waals surface area contributed by atoms with Gasteiger partial charge in [-0.2, -0.15) is 0 Å². The van der Waals surface area contributed by atoms with Gasteiger partial charge >= 0.3 is 0 Å². The van der Waals surface area contributed by atoms with E-state index in [1.165, 1.54) is 0 Å². The van der Waals surface area contributed by atoms with Gasteiger partial charge in [0.1, 0.15) is 24.7 Å². The first-order valence-corrected chi connectivity index (χ1v) is 15.2. The van der Waals surface area contributed by atoms with Crippen molar-refractivity contribution in [3.05, 3.63) is 105 Å². The van der Waals surface area contributed by atoms with E-state index < -0.39 is 0 Å². The van der Waals surface area contributed by atoms with Gasteiger partial charge < -0.3 is 41.6 Å². The Morgan fingerprint density at radius 3 is 1.41 bits per heavy atom. The van der Waals surface area contributed by atoms with Gasteiger partial charge in [-0.3, -0.25) is 0 Å². The fourth-order valence-electron chi connectivity index (χ4n) is 4.17. The van der Waals surface area contributed by atoms with Crippen molar-refractivity contribution < 1.29 is 9.47 Å². The summed E-state index contributed by atoms with van der Waals surface area (Å²) < 4.78 is 11.3. The summed E-state index contributed by atoms with van der Waals surface area (Å²) in [6, 6.07) is 19.1. The molecular weight excluding hydrogens is 599 g/mol. The number of nitrogens with two attached hydrogens (primary N) is 4. The van der Waals surface area contributed by atoms with Crippen LogP contribution in [0.5, 0.6) is 11.5 Å². The predicted molar refractivity (Wildman–Crippen MR) is 182 cm³/mol. The van der Waals surface area contributed by atoms with Crippen LogP contribution < -0.4 is 43.3 Å². The maximum atomic E-state index is 6.36. The van der Waals surface area contributed by atoms with Crippen LogP contribution in [0, 0.1) is 0 Å². The molecule has 3 rings (SSSR count). The third-order valence-corrected chi connectivity index (χ3v) is 7.28. The second-order valence-electron chi connectivity index (χ2n) is 10.2. The summed E-state index contributed by atoms with van der Waals surface area (Å²) in [7, 11) is 3.75. The Morgan fingerprint density at radius 2 is 1.07 bits per heavy atom. The average Bonchev–Trinajstić information content (AvgIpc) is 3.01. The van der Waals surface area contributed by atoms with Gasteiger partial charge in [-0.15, -0.1) is 0 Å². The largest absolute Gasteiger partial charge is 0.491 e. The third-order valence-electron chi connectivity index (χ3n) is 6.69. The lowest BCUT2D eigenvalue weighted by molar-refractivity contribution is 0.318. The Labute approximate surface area is 270 Å². The van der Waals surface area contributed by atoms with Crippen LogP contribution in [0.25, 0.3) is 11.4 Å². The molecule has 0 aliphatic carbocycles. The summed E-state index contributed by atoms with van der Waals surface area (Å²) in [5, 5.41) is 10.3. The van der Waals surface area contributed by atoms with Crippen molar-refractivity contribution in [3.63, 3.8) is 0 Å². The van der Waals surface area contributed by atoms with Crippen LogP contribution in [-0.4, -0.2) is 63.5 Å². The molecule has 12 heteroatoms. The van der Waals surface area contributed by atoms with E-state index in [0.717, 1.165) is 35.3 Å². The average molecular weight is 644 g/mol. The standard InChI is InChI=1S/C32H44Cl2N8O2/c1-39-13-17-43-31-9-3-23(19-27(31)33)11-15-41(37)21-29(35)25-5-7-26(8-6-25)30(36)22-42(38)16-12-24-4-10-32(28(34)20-24)44-18-14-40-2/h3-10,19-22,39-40H,11-18,35-38H2,1-2H3/b29-21-,30-22-. The number of nitrogens with one attached hydrogen (secondary N) is 2. The zero-order valence-corrected chi connectivity index (χ0v) is 26.9. The van der Waals surface area contributed by atoms with Crippen LogP contribution >= 0.6 is 23.2 Å². The molecule has 3 aromatic carbocycles. The minimum absolute atomic E-state index is 0.533. The Morgan fingerprint density at radius 1 is 0.682 bits per heavy atom. The monoisotopic (exact) mass is 642 g/mol. The lowest BCUT2D eigenvalue weighted by Gasteiger charge is -2.17. The summed E-state index contributed by atoms with van der Waals surface area (Å²) in [4.78, 5) is 0. The normalized spacial score (nSPS) is 11.9. The Hall–Kier alpha value is -3.64. The number of likely N-dealkylation sites (N-methyl/N-ethyl adjacent to an activating group) is 2. The van der Waals surface area contributed by atoms with Crippen LogP contribution in [-0.2, 0) is 12.8 Å². The predicted octanol–water partition coefficient (Wildman–Crippen LogP) is 3.54. The fourth-order valence-corrected chi connectivity index (χ4v) is 4.68. The minimum Gasteiger partial charge on any atom is -0.491 e. The molecule has 0 saturated heterocycles. The van der Waals surface area contributed by atoms with Crippen molar-refractivity contribution in [2.75, 3.05) is 53.5 Å². The molecule has 10 nitrogen and oxygen atoms in total. The van der Waals surface area contributed by atoms with Gasteiger partial charge in [0.25, 0.3) is 0 Å². The van der Waals surface area contributed by atoms with E-state index in [0.29, 0.717) is 72.1 Å². The Kier molecular flexibility index (Phi) is 14.4. The second-order valence-corrected chi connectivity index (χ2v) is 11.0. The lowest BCUT2D eigenvalue weighted by atomic mass is 10.1. The summed E-state index contributed by atoms with van der Waals surface area (Å²) in [6.45, 7) is 3.69. The van der Waals surface area contributed by atoms with Crippen molar-refractivity contribution >= 4 is 34.6 Å². The molecule has 10 N–H and O–H groups in total. The van der Waals surface area contributed by atoms with E-state index in [9.17, 15) is 0 Å². The van der Waals surface area contributed by atoms with Crippen molar-refractivity contribution in [2.24, 2.45) is 23.2 Å². The molecule has 0 unspecified atom stereocenters. The molecule has 0 amide bonds. The van der Waals surface area contributed by atoms with Gasteiger partial charge in [0.2, 0.25) is 0 Å². The molecule has 0 aromatic heterocycles. The topological polar surface area (TPSA) is 153 Å². The highest BCUT2D eigenvalue weighted by molar-refractivity contribution is 6.32. The summed E-state index contributed by atoms with van der Waals surface area (Å²) in [5.74, 6) is 13.7. The Balaban J connectivity index is 1.49. The highest BCUT2D eigenvalue weighted by Gasteiger charge is 2.08. The molecule has 0 heterocycles. The molecular formula is C32H44Cl2N8O2. The fraction of sp³-hybridized carbons (Fsp3) is 0.312. The van der Waals surface area contributed by atoms with Crippen LogP contribution in [0.3, 0.4) is 0 Å². The number of hydrogen-bond donors (Lipinski definition) is 6. The highest BCUT2D eigenvalue weighted by Crippen LogP contribution is 2.27. The Bertz CT molecular complexity index is 1280. The van der Waals surface area contributed by atoms with E-state index >= 15 is 0 Å². The number of halogens is 2. The molecule has 44 heavy (non-hydrogen) atoms. The molecule has 0 bridgehead atoms. The maximum Gasteiger partial charge on any atom is 0.137 e. The first-order chi connectivity index (χ1) is 21.2. The van der Waals surface area contributed by atoms with E-state index in [1.54, 1.807) is 22.4 Å². The van der Waals surface area contributed by atoms with Crippen molar-refractivity contribution in [1.82, 2.24) is 20.7 Å². The summed E-state index contributed by atoms with van der Waals surface area (Å²) in [6.07, 6.45) is 4.80. The maximum absolute atomic E-state index is 6.36. The molecule has 3 aromatic rings. The summed E-state index contributed by atoms with van der Waals surface area (Å²) >= 11 is 12.7. The molecule has 0 aliphatic heterocycles. The summed E-state index contributed by atoms with van der Waals surface area (Å²) in [5.41, 5.74) is 17.4. The van der Waals surface area contributed by atoms with Crippen molar-refractivity contribution in [2.45, 2.75) is 12.8 Å². The van der Waals surface area contributed by atoms with Gasteiger partial charge in [-0.25, -0.2) is 11.7 Å². The molecule has 0 aliphatic rings. The van der Waals surface area contributed by atoms with Gasteiger partial charge in [0.15, 0.2) is 0 Å². The van der Waals surface area contributed by atoms with E-state index in [1.807, 2.05) is 74.8 Å². The van der Waals surface area contributed by atoms with Gasteiger partial charge in [0.05, 0.1) is 21.4 Å². The first kappa shape index (κ1) is 34.8. The van der Waals surface area contributed by atoms with Crippen molar-refractivity contribution in [1.29, 1.82) is 0 Å². The molecule has 0 atom stereocenters. The van der Waals surface area contributed by atoms with E-state index in [-0.39, 0.29) is 0 Å². The highest BCUT2D eigenvalue weighted by atomic mass is 35.5. The number of hydrazine groups is 2. The number of benzene rings is 3. The smallest absolute Gasteiger partial charge is 0.137 e. The molecule has 238 valence electrons. The number of hydrogen-bond acceptors (Lipinski definition) is 10. The molecule has 0 radical (unpaired) electrons. The number of ether oxygens (including phenoxy) is 2. The molecule has 0 fully saturated rings. The molecule has 0 spiro atoms. The zero-order valence-electron chi connectivity index (χ0n) is 25.4. The minimum atomic E-state index is 0.533. The van der Waals surface area contributed by atoms with Crippen LogP contribution in [0.1, 0.15) is 22.3 Å². The first-order valence-electron chi connectivity index (χ1n) is 14.4.